The second-order valence-electron chi connectivity index (χ2n) is 8.47. The molecule has 0 unspecified atom stereocenters. The number of amides is 2. The fourth-order valence-corrected chi connectivity index (χ4v) is 4.52. The van der Waals surface area contributed by atoms with Gasteiger partial charge in [0.05, 0.1) is 5.92 Å². The predicted molar refractivity (Wildman–Crippen MR) is 121 cm³/mol. The third-order valence-electron chi connectivity index (χ3n) is 6.19. The van der Waals surface area contributed by atoms with Crippen LogP contribution in [0.15, 0.2) is 61.2 Å². The summed E-state index contributed by atoms with van der Waals surface area (Å²) in [5, 5.41) is 0. The highest BCUT2D eigenvalue weighted by Gasteiger charge is 2.35. The third kappa shape index (κ3) is 5.07. The van der Waals surface area contributed by atoms with Crippen molar-refractivity contribution in [2.24, 2.45) is 5.92 Å². The molecule has 0 aromatic heterocycles. The number of halogens is 1. The molecule has 0 spiro atoms. The molecule has 2 aromatic carbocycles. The molecule has 0 radical (unpaired) electrons. The monoisotopic (exact) mass is 436 g/mol. The lowest BCUT2D eigenvalue weighted by Gasteiger charge is -2.25. The maximum Gasteiger partial charge on any atom is 0.251 e. The van der Waals surface area contributed by atoms with E-state index in [2.05, 4.69) is 6.58 Å². The zero-order valence-corrected chi connectivity index (χ0v) is 18.2. The summed E-state index contributed by atoms with van der Waals surface area (Å²) in [4.78, 5) is 29.9. The van der Waals surface area contributed by atoms with Crippen LogP contribution < -0.4 is 0 Å². The van der Waals surface area contributed by atoms with E-state index in [4.69, 9.17) is 4.74 Å². The fourth-order valence-electron chi connectivity index (χ4n) is 4.52. The standard InChI is InChI=1S/C26H29FN2O3/c1-2-12-28-13-14-29(26(31)24-7-4-15-32-24)18-22(25(28)30)17-19-5-3-6-21(16-19)20-8-10-23(27)11-9-20/h2-3,5-6,8-11,16,22,24H,1,4,7,12-15,17-18H2/t22-,24-/m1/s1. The summed E-state index contributed by atoms with van der Waals surface area (Å²) < 4.78 is 18.9. The van der Waals surface area contributed by atoms with Crippen LogP contribution >= 0.6 is 0 Å². The topological polar surface area (TPSA) is 49.9 Å². The van der Waals surface area contributed by atoms with Crippen molar-refractivity contribution in [1.29, 1.82) is 0 Å². The highest BCUT2D eigenvalue weighted by molar-refractivity contribution is 5.84. The SMILES string of the molecule is C=CCN1CCN(C(=O)[C@H]2CCCO2)C[C@@H](Cc2cccc(-c3ccc(F)cc3)c2)C1=O. The normalized spacial score (nSPS) is 21.5. The minimum Gasteiger partial charge on any atom is -0.368 e. The van der Waals surface area contributed by atoms with Gasteiger partial charge in [-0.1, -0.05) is 42.5 Å². The van der Waals surface area contributed by atoms with Gasteiger partial charge in [0, 0.05) is 32.8 Å². The lowest BCUT2D eigenvalue weighted by Crippen LogP contribution is -2.42. The quantitative estimate of drug-likeness (QED) is 0.649. The maximum absolute atomic E-state index is 13.3. The molecule has 0 N–H and O–H groups in total. The zero-order chi connectivity index (χ0) is 22.5. The highest BCUT2D eigenvalue weighted by atomic mass is 19.1. The van der Waals surface area contributed by atoms with Crippen LogP contribution in [-0.4, -0.2) is 60.5 Å². The molecule has 0 aliphatic carbocycles. The number of carbonyl (C=O) groups excluding carboxylic acids is 2. The minimum absolute atomic E-state index is 0.0131. The second-order valence-corrected chi connectivity index (χ2v) is 8.47. The van der Waals surface area contributed by atoms with Gasteiger partial charge in [0.2, 0.25) is 5.91 Å². The van der Waals surface area contributed by atoms with Gasteiger partial charge in [-0.2, -0.15) is 0 Å². The Hall–Kier alpha value is -2.99. The Balaban J connectivity index is 1.55. The van der Waals surface area contributed by atoms with Crippen molar-refractivity contribution in [3.05, 3.63) is 72.6 Å². The molecule has 5 nitrogen and oxygen atoms in total. The molecular formula is C26H29FN2O3. The highest BCUT2D eigenvalue weighted by Crippen LogP contribution is 2.25. The van der Waals surface area contributed by atoms with Gasteiger partial charge in [0.25, 0.3) is 5.91 Å². The first kappa shape index (κ1) is 22.2. The number of nitrogens with zero attached hydrogens (tertiary/aromatic N) is 2. The van der Waals surface area contributed by atoms with E-state index in [1.807, 2.05) is 24.3 Å². The Morgan fingerprint density at radius 3 is 2.69 bits per heavy atom. The van der Waals surface area contributed by atoms with E-state index in [1.165, 1.54) is 12.1 Å². The first-order chi connectivity index (χ1) is 15.5. The average molecular weight is 437 g/mol. The molecule has 2 heterocycles. The smallest absolute Gasteiger partial charge is 0.251 e. The van der Waals surface area contributed by atoms with E-state index in [9.17, 15) is 14.0 Å². The fraction of sp³-hybridized carbons (Fsp3) is 0.385. The van der Waals surface area contributed by atoms with Crippen molar-refractivity contribution in [2.45, 2.75) is 25.4 Å². The molecule has 32 heavy (non-hydrogen) atoms. The number of carbonyl (C=O) groups is 2. The Morgan fingerprint density at radius 2 is 1.97 bits per heavy atom. The van der Waals surface area contributed by atoms with Gasteiger partial charge >= 0.3 is 0 Å². The van der Waals surface area contributed by atoms with Gasteiger partial charge < -0.3 is 14.5 Å². The van der Waals surface area contributed by atoms with Crippen LogP contribution in [0, 0.1) is 11.7 Å². The number of hydrogen-bond acceptors (Lipinski definition) is 3. The van der Waals surface area contributed by atoms with Gasteiger partial charge in [-0.15, -0.1) is 6.58 Å². The Bertz CT molecular complexity index is 969. The molecule has 2 aliphatic rings. The van der Waals surface area contributed by atoms with Gasteiger partial charge in [0.15, 0.2) is 0 Å². The van der Waals surface area contributed by atoms with Crippen molar-refractivity contribution >= 4 is 11.8 Å². The molecule has 0 bridgehead atoms. The average Bonchev–Trinajstić information content (AvgIpc) is 3.30. The maximum atomic E-state index is 13.3. The Morgan fingerprint density at radius 1 is 1.16 bits per heavy atom. The molecule has 4 rings (SSSR count). The van der Waals surface area contributed by atoms with Gasteiger partial charge in [-0.05, 0) is 48.1 Å². The number of hydrogen-bond donors (Lipinski definition) is 0. The van der Waals surface area contributed by atoms with Crippen molar-refractivity contribution in [3.63, 3.8) is 0 Å². The zero-order valence-electron chi connectivity index (χ0n) is 18.2. The molecule has 2 saturated heterocycles. The molecule has 6 heteroatoms. The minimum atomic E-state index is -0.390. The van der Waals surface area contributed by atoms with Gasteiger partial charge in [-0.3, -0.25) is 9.59 Å². The van der Waals surface area contributed by atoms with E-state index in [-0.39, 0.29) is 23.5 Å². The molecule has 2 aliphatic heterocycles. The summed E-state index contributed by atoms with van der Waals surface area (Å²) in [6, 6.07) is 14.3. The molecular weight excluding hydrogens is 407 g/mol. The molecule has 168 valence electrons. The summed E-state index contributed by atoms with van der Waals surface area (Å²) in [5.41, 5.74) is 2.90. The Kier molecular flexibility index (Phi) is 7.00. The lowest BCUT2D eigenvalue weighted by molar-refractivity contribution is -0.141. The van der Waals surface area contributed by atoms with E-state index >= 15 is 0 Å². The van der Waals surface area contributed by atoms with Crippen LogP contribution in [-0.2, 0) is 20.7 Å². The first-order valence-electron chi connectivity index (χ1n) is 11.2. The summed E-state index contributed by atoms with van der Waals surface area (Å²) in [6.45, 7) is 6.24. The third-order valence-corrected chi connectivity index (χ3v) is 6.19. The summed E-state index contributed by atoms with van der Waals surface area (Å²) in [6.07, 6.45) is 3.49. The lowest BCUT2D eigenvalue weighted by atomic mass is 9.94. The van der Waals surface area contributed by atoms with Gasteiger partial charge in [0.1, 0.15) is 11.9 Å². The summed E-state index contributed by atoms with van der Waals surface area (Å²) in [7, 11) is 0. The van der Waals surface area contributed by atoms with Crippen molar-refractivity contribution < 1.29 is 18.7 Å². The first-order valence-corrected chi connectivity index (χ1v) is 11.2. The van der Waals surface area contributed by atoms with Crippen molar-refractivity contribution in [1.82, 2.24) is 9.80 Å². The molecule has 2 aromatic rings. The Labute approximate surface area is 188 Å². The van der Waals surface area contributed by atoms with Gasteiger partial charge in [-0.25, -0.2) is 4.39 Å². The number of rotatable bonds is 6. The van der Waals surface area contributed by atoms with Crippen LogP contribution in [0.1, 0.15) is 18.4 Å². The van der Waals surface area contributed by atoms with Crippen LogP contribution in [0.25, 0.3) is 11.1 Å². The van der Waals surface area contributed by atoms with Crippen molar-refractivity contribution in [2.75, 3.05) is 32.8 Å². The molecule has 0 saturated carbocycles. The van der Waals surface area contributed by atoms with Crippen LogP contribution in [0.3, 0.4) is 0 Å². The van der Waals surface area contributed by atoms with Crippen LogP contribution in [0.4, 0.5) is 4.39 Å². The van der Waals surface area contributed by atoms with Crippen molar-refractivity contribution in [3.8, 4) is 11.1 Å². The second kappa shape index (κ2) is 10.1. The van der Waals surface area contributed by atoms with Crippen LogP contribution in [0.2, 0.25) is 0 Å². The van der Waals surface area contributed by atoms with E-state index in [1.54, 1.807) is 28.0 Å². The number of benzene rings is 2. The van der Waals surface area contributed by atoms with E-state index in [0.29, 0.717) is 39.2 Å². The van der Waals surface area contributed by atoms with E-state index in [0.717, 1.165) is 29.5 Å². The molecule has 2 atom stereocenters. The molecule has 2 amide bonds. The summed E-state index contributed by atoms with van der Waals surface area (Å²) in [5.74, 6) is -0.584. The number of ether oxygens (including phenoxy) is 1. The van der Waals surface area contributed by atoms with E-state index < -0.39 is 6.10 Å². The van der Waals surface area contributed by atoms with Crippen LogP contribution in [0.5, 0.6) is 0 Å². The predicted octanol–water partition coefficient (Wildman–Crippen LogP) is 3.69. The molecule has 2 fully saturated rings. The summed E-state index contributed by atoms with van der Waals surface area (Å²) >= 11 is 0. The largest absolute Gasteiger partial charge is 0.368 e.